The second kappa shape index (κ2) is 8.77. The smallest absolute Gasteiger partial charge is 0.338 e. The molecule has 1 N–H and O–H groups in total. The third-order valence-corrected chi connectivity index (χ3v) is 4.70. The van der Waals surface area contributed by atoms with Crippen molar-refractivity contribution >= 4 is 33.5 Å². The molecule has 1 aromatic rings. The Balaban J connectivity index is 1.80. The van der Waals surface area contributed by atoms with E-state index in [0.29, 0.717) is 12.5 Å². The third-order valence-electron chi connectivity index (χ3n) is 4.03. The number of nitrogens with zero attached hydrogens (tertiary/aromatic N) is 1. The van der Waals surface area contributed by atoms with E-state index in [1.54, 1.807) is 0 Å². The zero-order valence-corrected chi connectivity index (χ0v) is 14.7. The van der Waals surface area contributed by atoms with Crippen LogP contribution in [-0.2, 0) is 9.53 Å². The highest BCUT2D eigenvalue weighted by Gasteiger charge is 2.18. The van der Waals surface area contributed by atoms with Crippen molar-refractivity contribution in [3.05, 3.63) is 38.3 Å². The number of carbonyl (C=O) groups excluding carboxylic acids is 2. The number of hydrogen-bond donors (Lipinski definition) is 1. The molecule has 1 saturated carbocycles. The largest absolute Gasteiger partial charge is 0.452 e. The number of rotatable bonds is 6. The number of nitro benzene ring substituents is 1. The fourth-order valence-corrected chi connectivity index (χ4v) is 3.09. The number of benzene rings is 1. The van der Waals surface area contributed by atoms with Crippen molar-refractivity contribution in [2.24, 2.45) is 5.92 Å². The lowest BCUT2D eigenvalue weighted by Crippen LogP contribution is -2.33. The first kappa shape index (κ1) is 18.4. The maximum atomic E-state index is 11.9. The van der Waals surface area contributed by atoms with Crippen LogP contribution in [0.25, 0.3) is 0 Å². The van der Waals surface area contributed by atoms with Crippen LogP contribution < -0.4 is 5.32 Å². The van der Waals surface area contributed by atoms with Crippen molar-refractivity contribution in [2.75, 3.05) is 13.2 Å². The molecule has 0 bridgehead atoms. The molecule has 8 heteroatoms. The average Bonchev–Trinajstić information content (AvgIpc) is 2.59. The summed E-state index contributed by atoms with van der Waals surface area (Å²) in [5.41, 5.74) is -0.198. The molecule has 0 saturated heterocycles. The standard InChI is InChI=1S/C16H19BrN2O5/c17-13-7-6-12(8-14(13)19(22)23)16(21)24-10-15(20)18-9-11-4-2-1-3-5-11/h6-8,11H,1-5,9-10H2,(H,18,20). The lowest BCUT2D eigenvalue weighted by Gasteiger charge is -2.21. The summed E-state index contributed by atoms with van der Waals surface area (Å²) in [6, 6.07) is 3.92. The molecule has 7 nitrogen and oxygen atoms in total. The number of nitro groups is 1. The van der Waals surface area contributed by atoms with Gasteiger partial charge in [-0.2, -0.15) is 0 Å². The summed E-state index contributed by atoms with van der Waals surface area (Å²) in [5.74, 6) is -0.633. The van der Waals surface area contributed by atoms with Gasteiger partial charge in [-0.05, 0) is 46.8 Å². The zero-order chi connectivity index (χ0) is 17.5. The minimum absolute atomic E-state index is 0.0324. The Kier molecular flexibility index (Phi) is 6.72. The van der Waals surface area contributed by atoms with E-state index in [2.05, 4.69) is 21.2 Å². The maximum Gasteiger partial charge on any atom is 0.338 e. The predicted molar refractivity (Wildman–Crippen MR) is 90.7 cm³/mol. The van der Waals surface area contributed by atoms with Gasteiger partial charge in [-0.15, -0.1) is 0 Å². The van der Waals surface area contributed by atoms with Gasteiger partial charge in [0.2, 0.25) is 0 Å². The third kappa shape index (κ3) is 5.30. The average molecular weight is 399 g/mol. The Hall–Kier alpha value is -1.96. The van der Waals surface area contributed by atoms with Crippen LogP contribution in [-0.4, -0.2) is 30.0 Å². The number of hydrogen-bond acceptors (Lipinski definition) is 5. The Morgan fingerprint density at radius 1 is 1.29 bits per heavy atom. The maximum absolute atomic E-state index is 11.9. The highest BCUT2D eigenvalue weighted by atomic mass is 79.9. The molecular weight excluding hydrogens is 380 g/mol. The van der Waals surface area contributed by atoms with Crippen molar-refractivity contribution in [1.82, 2.24) is 5.32 Å². The molecule has 0 spiro atoms. The summed E-state index contributed by atoms with van der Waals surface area (Å²) in [7, 11) is 0. The van der Waals surface area contributed by atoms with Crippen molar-refractivity contribution in [3.8, 4) is 0 Å². The van der Waals surface area contributed by atoms with Crippen molar-refractivity contribution in [1.29, 1.82) is 0 Å². The van der Waals surface area contributed by atoms with Gasteiger partial charge in [-0.3, -0.25) is 14.9 Å². The molecule has 1 fully saturated rings. The highest BCUT2D eigenvalue weighted by Crippen LogP contribution is 2.26. The van der Waals surface area contributed by atoms with Crippen molar-refractivity contribution in [3.63, 3.8) is 0 Å². The second-order valence-corrected chi connectivity index (χ2v) is 6.66. The minimum Gasteiger partial charge on any atom is -0.452 e. The molecule has 2 rings (SSSR count). The Morgan fingerprint density at radius 2 is 2.00 bits per heavy atom. The van der Waals surface area contributed by atoms with Gasteiger partial charge in [0.1, 0.15) is 0 Å². The number of ether oxygens (including phenoxy) is 1. The molecule has 1 aliphatic rings. The summed E-state index contributed by atoms with van der Waals surface area (Å²) in [5, 5.41) is 13.6. The van der Waals surface area contributed by atoms with Crippen LogP contribution in [0.2, 0.25) is 0 Å². The van der Waals surface area contributed by atoms with E-state index in [1.165, 1.54) is 31.4 Å². The molecule has 1 aliphatic carbocycles. The molecule has 0 atom stereocenters. The van der Waals surface area contributed by atoms with Crippen LogP contribution in [0.4, 0.5) is 5.69 Å². The number of amides is 1. The van der Waals surface area contributed by atoms with E-state index in [0.717, 1.165) is 18.9 Å². The molecule has 1 aromatic carbocycles. The van der Waals surface area contributed by atoms with Crippen LogP contribution in [0, 0.1) is 16.0 Å². The molecule has 0 aliphatic heterocycles. The molecule has 0 radical (unpaired) electrons. The summed E-state index contributed by atoms with van der Waals surface area (Å²) >= 11 is 3.04. The molecule has 1 amide bonds. The molecule has 24 heavy (non-hydrogen) atoms. The summed E-state index contributed by atoms with van der Waals surface area (Å²) in [6.45, 7) is 0.204. The Labute approximate surface area is 148 Å². The van der Waals surface area contributed by atoms with E-state index >= 15 is 0 Å². The molecule has 0 unspecified atom stereocenters. The van der Waals surface area contributed by atoms with Gasteiger partial charge < -0.3 is 10.1 Å². The lowest BCUT2D eigenvalue weighted by atomic mass is 9.89. The predicted octanol–water partition coefficient (Wildman–Crippen LogP) is 3.21. The molecule has 0 heterocycles. The quantitative estimate of drug-likeness (QED) is 0.450. The lowest BCUT2D eigenvalue weighted by molar-refractivity contribution is -0.385. The number of halogens is 1. The topological polar surface area (TPSA) is 98.5 Å². The van der Waals surface area contributed by atoms with E-state index in [4.69, 9.17) is 4.74 Å². The number of esters is 1. The van der Waals surface area contributed by atoms with Gasteiger partial charge in [0.05, 0.1) is 15.0 Å². The fraction of sp³-hybridized carbons (Fsp3) is 0.500. The second-order valence-electron chi connectivity index (χ2n) is 5.81. The van der Waals surface area contributed by atoms with Gasteiger partial charge >= 0.3 is 5.97 Å². The van der Waals surface area contributed by atoms with Crippen LogP contribution in [0.3, 0.4) is 0 Å². The number of nitrogens with one attached hydrogen (secondary N) is 1. The van der Waals surface area contributed by atoms with E-state index in [9.17, 15) is 19.7 Å². The summed E-state index contributed by atoms with van der Waals surface area (Å²) < 4.78 is 5.19. The number of carbonyl (C=O) groups is 2. The highest BCUT2D eigenvalue weighted by molar-refractivity contribution is 9.10. The fourth-order valence-electron chi connectivity index (χ4n) is 2.69. The van der Waals surface area contributed by atoms with Crippen LogP contribution >= 0.6 is 15.9 Å². The van der Waals surface area contributed by atoms with E-state index in [1.807, 2.05) is 0 Å². The summed E-state index contributed by atoms with van der Waals surface area (Å²) in [4.78, 5) is 33.9. The van der Waals surface area contributed by atoms with E-state index < -0.39 is 17.5 Å². The van der Waals surface area contributed by atoms with Gasteiger partial charge in [0.25, 0.3) is 11.6 Å². The van der Waals surface area contributed by atoms with Crippen molar-refractivity contribution < 1.29 is 19.2 Å². The molecular formula is C16H19BrN2O5. The zero-order valence-electron chi connectivity index (χ0n) is 13.1. The van der Waals surface area contributed by atoms with Crippen LogP contribution in [0.1, 0.15) is 42.5 Å². The SMILES string of the molecule is O=C(COC(=O)c1ccc(Br)c([N+](=O)[O-])c1)NCC1CCCCC1. The van der Waals surface area contributed by atoms with Gasteiger partial charge in [-0.25, -0.2) is 4.79 Å². The first-order chi connectivity index (χ1) is 11.5. The van der Waals surface area contributed by atoms with Crippen LogP contribution in [0.15, 0.2) is 22.7 Å². The Bertz CT molecular complexity index is 629. The van der Waals surface area contributed by atoms with Crippen LogP contribution in [0.5, 0.6) is 0 Å². The monoisotopic (exact) mass is 398 g/mol. The van der Waals surface area contributed by atoms with Gasteiger partial charge in [0.15, 0.2) is 6.61 Å². The Morgan fingerprint density at radius 3 is 2.67 bits per heavy atom. The van der Waals surface area contributed by atoms with E-state index in [-0.39, 0.29) is 21.6 Å². The first-order valence-electron chi connectivity index (χ1n) is 7.85. The van der Waals surface area contributed by atoms with Gasteiger partial charge in [-0.1, -0.05) is 19.3 Å². The minimum atomic E-state index is -0.765. The molecule has 130 valence electrons. The first-order valence-corrected chi connectivity index (χ1v) is 8.64. The molecule has 0 aromatic heterocycles. The van der Waals surface area contributed by atoms with Gasteiger partial charge in [0, 0.05) is 12.6 Å². The normalized spacial score (nSPS) is 14.9. The van der Waals surface area contributed by atoms with Crippen molar-refractivity contribution in [2.45, 2.75) is 32.1 Å². The summed E-state index contributed by atoms with van der Waals surface area (Å²) in [6.07, 6.45) is 5.86.